The van der Waals surface area contributed by atoms with Crippen LogP contribution in [0.3, 0.4) is 0 Å². The quantitative estimate of drug-likeness (QED) is 0.538. The second-order valence-corrected chi connectivity index (χ2v) is 11.4. The van der Waals surface area contributed by atoms with Crippen molar-refractivity contribution in [1.82, 2.24) is 4.31 Å². The molecule has 1 saturated heterocycles. The van der Waals surface area contributed by atoms with Gasteiger partial charge in [-0.25, -0.2) is 8.42 Å². The number of thioether (sulfide) groups is 1. The third-order valence-electron chi connectivity index (χ3n) is 5.23. The molecule has 1 aliphatic rings. The molecule has 2 aromatic carbocycles. The molecule has 3 rings (SSSR count). The van der Waals surface area contributed by atoms with Crippen LogP contribution in [0.15, 0.2) is 70.6 Å². The number of halogens is 1. The molecular formula is C22H24BrNO4S2. The summed E-state index contributed by atoms with van der Waals surface area (Å²) in [6.07, 6.45) is 2.16. The molecule has 5 nitrogen and oxygen atoms in total. The van der Waals surface area contributed by atoms with Gasteiger partial charge in [-0.3, -0.25) is 4.79 Å². The molecule has 0 radical (unpaired) electrons. The standard InChI is InChI=1S/C22H24BrNO4S2/c1-3-11-29-21-13-20(16-5-4-6-17(23)12-16)24(14-19(21)22(25)26)30(27,28)18-9-7-15(2)8-10-18/h3-10,12,19-21H,1,11,13-14H2,2H3,(H,25,26)/t19-,20+,21-/m1/s1. The van der Waals surface area contributed by atoms with Crippen LogP contribution in [-0.2, 0) is 14.8 Å². The Hall–Kier alpha value is -1.61. The first kappa shape index (κ1) is 23.1. The number of aliphatic carboxylic acids is 1. The zero-order valence-electron chi connectivity index (χ0n) is 16.6. The first-order valence-corrected chi connectivity index (χ1v) is 12.8. The molecule has 0 saturated carbocycles. The van der Waals surface area contributed by atoms with Gasteiger partial charge in [-0.2, -0.15) is 16.1 Å². The lowest BCUT2D eigenvalue weighted by Crippen LogP contribution is -2.49. The minimum Gasteiger partial charge on any atom is -0.481 e. The number of sulfonamides is 1. The topological polar surface area (TPSA) is 74.7 Å². The Morgan fingerprint density at radius 2 is 2.00 bits per heavy atom. The number of rotatable bonds is 7. The Morgan fingerprint density at radius 1 is 1.30 bits per heavy atom. The van der Waals surface area contributed by atoms with Crippen molar-refractivity contribution in [3.63, 3.8) is 0 Å². The summed E-state index contributed by atoms with van der Waals surface area (Å²) >= 11 is 4.98. The van der Waals surface area contributed by atoms with E-state index in [0.29, 0.717) is 12.2 Å². The zero-order valence-corrected chi connectivity index (χ0v) is 19.8. The van der Waals surface area contributed by atoms with Crippen LogP contribution >= 0.6 is 27.7 Å². The first-order chi connectivity index (χ1) is 14.2. The van der Waals surface area contributed by atoms with E-state index < -0.39 is 28.0 Å². The minimum absolute atomic E-state index is 0.0719. The average Bonchev–Trinajstić information content (AvgIpc) is 2.71. The second-order valence-electron chi connectivity index (χ2n) is 7.30. The lowest BCUT2D eigenvalue weighted by Gasteiger charge is -2.41. The predicted molar refractivity (Wildman–Crippen MR) is 124 cm³/mol. The highest BCUT2D eigenvalue weighted by Gasteiger charge is 2.45. The molecule has 160 valence electrons. The van der Waals surface area contributed by atoms with E-state index in [1.165, 1.54) is 16.1 Å². The summed E-state index contributed by atoms with van der Waals surface area (Å²) in [5.41, 5.74) is 1.80. The van der Waals surface area contributed by atoms with Gasteiger partial charge in [0.05, 0.1) is 16.9 Å². The molecule has 0 bridgehead atoms. The highest BCUT2D eigenvalue weighted by molar-refractivity contribution is 9.10. The van der Waals surface area contributed by atoms with E-state index >= 15 is 0 Å². The van der Waals surface area contributed by atoms with Gasteiger partial charge in [0.1, 0.15) is 0 Å². The molecular weight excluding hydrogens is 486 g/mol. The van der Waals surface area contributed by atoms with Gasteiger partial charge in [0.2, 0.25) is 10.0 Å². The van der Waals surface area contributed by atoms with E-state index in [1.54, 1.807) is 30.3 Å². The third kappa shape index (κ3) is 4.99. The van der Waals surface area contributed by atoms with Crippen molar-refractivity contribution >= 4 is 43.7 Å². The van der Waals surface area contributed by atoms with Crippen molar-refractivity contribution in [2.24, 2.45) is 5.92 Å². The van der Waals surface area contributed by atoms with E-state index in [-0.39, 0.29) is 16.7 Å². The van der Waals surface area contributed by atoms with Gasteiger partial charge in [-0.05, 0) is 43.2 Å². The number of carboxylic acids is 1. The highest BCUT2D eigenvalue weighted by Crippen LogP contribution is 2.42. The average molecular weight is 510 g/mol. The molecule has 1 N–H and O–H groups in total. The smallest absolute Gasteiger partial charge is 0.308 e. The van der Waals surface area contributed by atoms with E-state index in [0.717, 1.165) is 15.6 Å². The van der Waals surface area contributed by atoms with Crippen molar-refractivity contribution in [2.75, 3.05) is 12.3 Å². The van der Waals surface area contributed by atoms with Crippen LogP contribution in [0.1, 0.15) is 23.6 Å². The van der Waals surface area contributed by atoms with E-state index in [9.17, 15) is 18.3 Å². The zero-order chi connectivity index (χ0) is 21.9. The molecule has 0 unspecified atom stereocenters. The van der Waals surface area contributed by atoms with Gasteiger partial charge >= 0.3 is 5.97 Å². The summed E-state index contributed by atoms with van der Waals surface area (Å²) in [7, 11) is -3.87. The van der Waals surface area contributed by atoms with Crippen molar-refractivity contribution in [3.8, 4) is 0 Å². The Balaban J connectivity index is 2.07. The van der Waals surface area contributed by atoms with Crippen molar-refractivity contribution in [1.29, 1.82) is 0 Å². The molecule has 1 heterocycles. The maximum atomic E-state index is 13.6. The molecule has 1 fully saturated rings. The van der Waals surface area contributed by atoms with Crippen LogP contribution < -0.4 is 0 Å². The Morgan fingerprint density at radius 3 is 2.60 bits per heavy atom. The molecule has 0 aromatic heterocycles. The summed E-state index contributed by atoms with van der Waals surface area (Å²) in [6.45, 7) is 5.54. The van der Waals surface area contributed by atoms with Crippen LogP contribution in [0.5, 0.6) is 0 Å². The number of benzene rings is 2. The third-order valence-corrected chi connectivity index (χ3v) is 8.99. The summed E-state index contributed by atoms with van der Waals surface area (Å²) < 4.78 is 29.3. The normalized spacial score (nSPS) is 22.5. The summed E-state index contributed by atoms with van der Waals surface area (Å²) in [5.74, 6) is -1.16. The maximum Gasteiger partial charge on any atom is 0.308 e. The lowest BCUT2D eigenvalue weighted by atomic mass is 9.90. The largest absolute Gasteiger partial charge is 0.481 e. The number of carboxylic acid groups (broad SMARTS) is 1. The molecule has 2 aromatic rings. The summed E-state index contributed by atoms with van der Waals surface area (Å²) in [4.78, 5) is 12.2. The summed E-state index contributed by atoms with van der Waals surface area (Å²) in [6, 6.07) is 13.8. The Labute approximate surface area is 190 Å². The summed E-state index contributed by atoms with van der Waals surface area (Å²) in [5, 5.41) is 9.62. The van der Waals surface area contributed by atoms with Gasteiger partial charge < -0.3 is 5.11 Å². The monoisotopic (exact) mass is 509 g/mol. The second kappa shape index (κ2) is 9.68. The Bertz CT molecular complexity index is 1020. The number of hydrogen-bond donors (Lipinski definition) is 1. The molecule has 3 atom stereocenters. The van der Waals surface area contributed by atoms with Gasteiger partial charge in [0.15, 0.2) is 0 Å². The Kier molecular flexibility index (Phi) is 7.44. The molecule has 0 aliphatic carbocycles. The molecule has 8 heteroatoms. The van der Waals surface area contributed by atoms with Crippen LogP contribution in [0.25, 0.3) is 0 Å². The van der Waals surface area contributed by atoms with Crippen molar-refractivity contribution in [2.45, 2.75) is 29.5 Å². The van der Waals surface area contributed by atoms with Gasteiger partial charge in [0.25, 0.3) is 0 Å². The van der Waals surface area contributed by atoms with Crippen LogP contribution in [0.4, 0.5) is 0 Å². The van der Waals surface area contributed by atoms with Crippen molar-refractivity contribution in [3.05, 3.63) is 76.8 Å². The van der Waals surface area contributed by atoms with Crippen molar-refractivity contribution < 1.29 is 18.3 Å². The SMILES string of the molecule is C=CCS[C@@H]1C[C@@H](c2cccc(Br)c2)N(S(=O)(=O)c2ccc(C)cc2)C[C@H]1C(=O)O. The van der Waals surface area contributed by atoms with Crippen LogP contribution in [-0.4, -0.2) is 41.3 Å². The fourth-order valence-electron chi connectivity index (χ4n) is 3.68. The van der Waals surface area contributed by atoms with E-state index in [1.807, 2.05) is 31.2 Å². The first-order valence-electron chi connectivity index (χ1n) is 9.53. The van der Waals surface area contributed by atoms with E-state index in [4.69, 9.17) is 0 Å². The van der Waals surface area contributed by atoms with Gasteiger partial charge in [-0.15, -0.1) is 6.58 Å². The van der Waals surface area contributed by atoms with Gasteiger partial charge in [-0.1, -0.05) is 51.8 Å². The highest BCUT2D eigenvalue weighted by atomic mass is 79.9. The lowest BCUT2D eigenvalue weighted by molar-refractivity contribution is -0.143. The number of piperidine rings is 1. The van der Waals surface area contributed by atoms with E-state index in [2.05, 4.69) is 22.5 Å². The predicted octanol–water partition coefficient (Wildman–Crippen LogP) is 4.88. The van der Waals surface area contributed by atoms with Crippen LogP contribution in [0.2, 0.25) is 0 Å². The fourth-order valence-corrected chi connectivity index (χ4v) is 6.88. The fraction of sp³-hybridized carbons (Fsp3) is 0.318. The number of aryl methyl sites for hydroxylation is 1. The maximum absolute atomic E-state index is 13.6. The number of nitrogens with zero attached hydrogens (tertiary/aromatic N) is 1. The molecule has 30 heavy (non-hydrogen) atoms. The number of carbonyl (C=O) groups is 1. The molecule has 0 spiro atoms. The minimum atomic E-state index is -3.87. The van der Waals surface area contributed by atoms with Gasteiger partial charge in [0, 0.05) is 22.0 Å². The number of hydrogen-bond acceptors (Lipinski definition) is 4. The molecule has 0 amide bonds. The molecule has 1 aliphatic heterocycles. The van der Waals surface area contributed by atoms with Crippen LogP contribution in [0, 0.1) is 12.8 Å².